The Hall–Kier alpha value is -0.900. The van der Waals surface area contributed by atoms with Gasteiger partial charge in [-0.1, -0.05) is 30.3 Å². The molecule has 1 aromatic carbocycles. The Bertz CT molecular complexity index is 436. The van der Waals surface area contributed by atoms with Crippen LogP contribution in [0.5, 0.6) is 0 Å². The molecule has 0 radical (unpaired) electrons. The Kier molecular flexibility index (Phi) is 4.94. The Morgan fingerprint density at radius 1 is 1.14 bits per heavy atom. The first-order valence-electron chi connectivity index (χ1n) is 8.36. The van der Waals surface area contributed by atoms with E-state index in [4.69, 9.17) is 4.74 Å². The molecule has 0 spiro atoms. The van der Waals surface area contributed by atoms with Crippen LogP contribution in [0, 0.1) is 0 Å². The van der Waals surface area contributed by atoms with Gasteiger partial charge in [-0.2, -0.15) is 0 Å². The maximum Gasteiger partial charge on any atom is 0.0674 e. The molecule has 0 bridgehead atoms. The van der Waals surface area contributed by atoms with Gasteiger partial charge in [0.15, 0.2) is 0 Å². The van der Waals surface area contributed by atoms with Crippen LogP contribution in [0.4, 0.5) is 0 Å². The Labute approximate surface area is 128 Å². The van der Waals surface area contributed by atoms with Gasteiger partial charge in [0.05, 0.1) is 12.7 Å². The van der Waals surface area contributed by atoms with Crippen molar-refractivity contribution in [3.63, 3.8) is 0 Å². The summed E-state index contributed by atoms with van der Waals surface area (Å²) in [6, 6.07) is 12.1. The molecule has 2 aliphatic rings. The van der Waals surface area contributed by atoms with E-state index < -0.39 is 0 Å². The van der Waals surface area contributed by atoms with Crippen molar-refractivity contribution < 1.29 is 4.74 Å². The molecule has 2 aliphatic heterocycles. The fourth-order valence-corrected chi connectivity index (χ4v) is 3.66. The minimum absolute atomic E-state index is 0.388. The highest BCUT2D eigenvalue weighted by molar-refractivity contribution is 5.14. The van der Waals surface area contributed by atoms with Crippen LogP contribution in [0.3, 0.4) is 0 Å². The molecule has 0 aromatic heterocycles. The van der Waals surface area contributed by atoms with Gasteiger partial charge in [0, 0.05) is 31.7 Å². The van der Waals surface area contributed by atoms with Gasteiger partial charge in [-0.25, -0.2) is 0 Å². The van der Waals surface area contributed by atoms with Crippen LogP contribution in [0.15, 0.2) is 30.3 Å². The van der Waals surface area contributed by atoms with E-state index in [1.165, 1.54) is 38.0 Å². The molecular weight excluding hydrogens is 260 g/mol. The summed E-state index contributed by atoms with van der Waals surface area (Å²) < 4.78 is 5.76. The second-order valence-corrected chi connectivity index (χ2v) is 6.67. The Morgan fingerprint density at radius 3 is 2.76 bits per heavy atom. The van der Waals surface area contributed by atoms with E-state index in [9.17, 15) is 0 Å². The zero-order valence-corrected chi connectivity index (χ0v) is 13.4. The predicted octanol–water partition coefficient (Wildman–Crippen LogP) is 2.41. The molecule has 3 atom stereocenters. The number of rotatable bonds is 4. The maximum atomic E-state index is 5.76. The predicted molar refractivity (Wildman–Crippen MR) is 86.6 cm³/mol. The van der Waals surface area contributed by atoms with Gasteiger partial charge < -0.3 is 9.64 Å². The monoisotopic (exact) mass is 288 g/mol. The van der Waals surface area contributed by atoms with Gasteiger partial charge in [-0.15, -0.1) is 0 Å². The molecule has 3 heteroatoms. The van der Waals surface area contributed by atoms with Crippen molar-refractivity contribution in [1.29, 1.82) is 0 Å². The van der Waals surface area contributed by atoms with E-state index in [1.54, 1.807) is 0 Å². The topological polar surface area (TPSA) is 15.7 Å². The summed E-state index contributed by atoms with van der Waals surface area (Å²) >= 11 is 0. The molecule has 0 N–H and O–H groups in total. The molecule has 0 unspecified atom stereocenters. The van der Waals surface area contributed by atoms with Gasteiger partial charge in [0.1, 0.15) is 0 Å². The summed E-state index contributed by atoms with van der Waals surface area (Å²) in [4.78, 5) is 5.31. The van der Waals surface area contributed by atoms with Crippen molar-refractivity contribution in [3.05, 3.63) is 35.9 Å². The summed E-state index contributed by atoms with van der Waals surface area (Å²) in [6.45, 7) is 10.1. The zero-order valence-electron chi connectivity index (χ0n) is 13.4. The van der Waals surface area contributed by atoms with Crippen molar-refractivity contribution in [3.8, 4) is 0 Å². The Balaban J connectivity index is 1.48. The summed E-state index contributed by atoms with van der Waals surface area (Å²) in [5, 5.41) is 0. The number of benzene rings is 1. The van der Waals surface area contributed by atoms with Gasteiger partial charge in [-0.05, 0) is 38.8 Å². The second kappa shape index (κ2) is 6.91. The fourth-order valence-electron chi connectivity index (χ4n) is 3.66. The quantitative estimate of drug-likeness (QED) is 0.846. The first-order chi connectivity index (χ1) is 10.2. The minimum atomic E-state index is 0.388. The van der Waals surface area contributed by atoms with Crippen LogP contribution in [-0.4, -0.2) is 60.8 Å². The average molecular weight is 288 g/mol. The first-order valence-corrected chi connectivity index (χ1v) is 8.36. The third kappa shape index (κ3) is 3.85. The summed E-state index contributed by atoms with van der Waals surface area (Å²) in [5.74, 6) is 0. The lowest BCUT2D eigenvalue weighted by Crippen LogP contribution is -2.52. The number of nitrogens with zero attached hydrogens (tertiary/aromatic N) is 2. The van der Waals surface area contributed by atoms with E-state index in [0.717, 1.165) is 19.2 Å². The molecule has 0 saturated carbocycles. The molecule has 2 saturated heterocycles. The average Bonchev–Trinajstić information content (AvgIpc) is 2.97. The maximum absolute atomic E-state index is 5.76. The largest absolute Gasteiger partial charge is 0.376 e. The van der Waals surface area contributed by atoms with Crippen LogP contribution in [0.2, 0.25) is 0 Å². The lowest BCUT2D eigenvalue weighted by molar-refractivity contribution is -0.0642. The van der Waals surface area contributed by atoms with E-state index in [1.807, 2.05) is 0 Å². The van der Waals surface area contributed by atoms with E-state index in [2.05, 4.69) is 54.0 Å². The SMILES string of the molecule is C[C@@H]1CN([C@H]2CCN(CCc3ccccc3)C2)[C@@H](C)CO1. The second-order valence-electron chi connectivity index (χ2n) is 6.67. The number of hydrogen-bond acceptors (Lipinski definition) is 3. The Morgan fingerprint density at radius 2 is 1.95 bits per heavy atom. The number of morpholine rings is 1. The molecule has 3 rings (SSSR count). The molecule has 2 fully saturated rings. The smallest absolute Gasteiger partial charge is 0.0674 e. The lowest BCUT2D eigenvalue weighted by Gasteiger charge is -2.40. The normalized spacial score (nSPS) is 31.6. The summed E-state index contributed by atoms with van der Waals surface area (Å²) in [6.07, 6.45) is 2.87. The number of likely N-dealkylation sites (tertiary alicyclic amines) is 1. The van der Waals surface area contributed by atoms with Crippen LogP contribution in [0.25, 0.3) is 0 Å². The van der Waals surface area contributed by atoms with Gasteiger partial charge >= 0.3 is 0 Å². The molecule has 0 amide bonds. The van der Waals surface area contributed by atoms with Crippen LogP contribution in [0.1, 0.15) is 25.8 Å². The molecule has 0 aliphatic carbocycles. The molecule has 116 valence electrons. The molecule has 2 heterocycles. The van der Waals surface area contributed by atoms with Crippen molar-refractivity contribution in [2.24, 2.45) is 0 Å². The van der Waals surface area contributed by atoms with Crippen LogP contribution in [-0.2, 0) is 11.2 Å². The molecular formula is C18H28N2O. The van der Waals surface area contributed by atoms with Crippen molar-refractivity contribution in [2.75, 3.05) is 32.8 Å². The van der Waals surface area contributed by atoms with Gasteiger partial charge in [-0.3, -0.25) is 4.90 Å². The first kappa shape index (κ1) is 15.0. The summed E-state index contributed by atoms with van der Waals surface area (Å²) in [5.41, 5.74) is 1.45. The third-order valence-electron chi connectivity index (χ3n) is 4.93. The number of ether oxygens (including phenoxy) is 1. The highest BCUT2D eigenvalue weighted by atomic mass is 16.5. The minimum Gasteiger partial charge on any atom is -0.376 e. The van der Waals surface area contributed by atoms with E-state index in [0.29, 0.717) is 12.1 Å². The highest BCUT2D eigenvalue weighted by Crippen LogP contribution is 2.22. The van der Waals surface area contributed by atoms with E-state index >= 15 is 0 Å². The van der Waals surface area contributed by atoms with Gasteiger partial charge in [0.2, 0.25) is 0 Å². The summed E-state index contributed by atoms with van der Waals surface area (Å²) in [7, 11) is 0. The van der Waals surface area contributed by atoms with E-state index in [-0.39, 0.29) is 0 Å². The lowest BCUT2D eigenvalue weighted by atomic mass is 10.1. The standard InChI is InChI=1S/C18H28N2O/c1-15-14-21-16(2)12-20(15)18-9-11-19(13-18)10-8-17-6-4-3-5-7-17/h3-7,15-16,18H,8-14H2,1-2H3/t15-,16+,18-/m0/s1. The fraction of sp³-hybridized carbons (Fsp3) is 0.667. The molecule has 21 heavy (non-hydrogen) atoms. The van der Waals surface area contributed by atoms with Crippen LogP contribution < -0.4 is 0 Å². The van der Waals surface area contributed by atoms with Crippen molar-refractivity contribution >= 4 is 0 Å². The zero-order chi connectivity index (χ0) is 14.7. The van der Waals surface area contributed by atoms with Crippen molar-refractivity contribution in [1.82, 2.24) is 9.80 Å². The van der Waals surface area contributed by atoms with Crippen molar-refractivity contribution in [2.45, 2.75) is 44.9 Å². The molecule has 3 nitrogen and oxygen atoms in total. The highest BCUT2D eigenvalue weighted by Gasteiger charge is 2.33. The molecule has 1 aromatic rings. The third-order valence-corrected chi connectivity index (χ3v) is 4.93. The van der Waals surface area contributed by atoms with Crippen LogP contribution >= 0.6 is 0 Å². The number of hydrogen-bond donors (Lipinski definition) is 0. The van der Waals surface area contributed by atoms with Gasteiger partial charge in [0.25, 0.3) is 0 Å².